The van der Waals surface area contributed by atoms with Gasteiger partial charge in [-0.05, 0) is 26.2 Å². The van der Waals surface area contributed by atoms with Crippen LogP contribution < -0.4 is 20.5 Å². The summed E-state index contributed by atoms with van der Waals surface area (Å²) in [6.45, 7) is 1.89. The van der Waals surface area contributed by atoms with Crippen molar-refractivity contribution in [1.29, 1.82) is 5.26 Å². The molecule has 0 aromatic carbocycles. The number of aromatic nitrogens is 5. The predicted molar refractivity (Wildman–Crippen MR) is 114 cm³/mol. The van der Waals surface area contributed by atoms with Crippen LogP contribution in [0.4, 0.5) is 11.6 Å². The Hall–Kier alpha value is -3.71. The van der Waals surface area contributed by atoms with Gasteiger partial charge >= 0.3 is 0 Å². The van der Waals surface area contributed by atoms with Gasteiger partial charge < -0.3 is 20.5 Å². The van der Waals surface area contributed by atoms with E-state index in [1.54, 1.807) is 7.11 Å². The summed E-state index contributed by atoms with van der Waals surface area (Å²) in [4.78, 5) is 12.6. The first kappa shape index (κ1) is 20.6. The summed E-state index contributed by atoms with van der Waals surface area (Å²) in [7, 11) is 1.57. The molecule has 3 aromatic rings. The van der Waals surface area contributed by atoms with Gasteiger partial charge in [0.1, 0.15) is 29.3 Å². The topological polar surface area (TPSA) is 148 Å². The largest absolute Gasteiger partial charge is 0.488 e. The summed E-state index contributed by atoms with van der Waals surface area (Å²) in [5.74, 6) is 2.08. The summed E-state index contributed by atoms with van der Waals surface area (Å²) in [6.07, 6.45) is 6.89. The second kappa shape index (κ2) is 8.97. The molecule has 1 aliphatic rings. The van der Waals surface area contributed by atoms with E-state index in [-0.39, 0.29) is 17.8 Å². The van der Waals surface area contributed by atoms with Crippen molar-refractivity contribution in [3.05, 3.63) is 35.9 Å². The molecule has 3 heterocycles. The number of nitrogens with one attached hydrogen (secondary N) is 2. The lowest BCUT2D eigenvalue weighted by atomic mass is 9.93. The van der Waals surface area contributed by atoms with Crippen molar-refractivity contribution in [2.75, 3.05) is 12.4 Å². The Kier molecular flexibility index (Phi) is 5.95. The van der Waals surface area contributed by atoms with Gasteiger partial charge in [0, 0.05) is 23.9 Å². The molecule has 0 spiro atoms. The average molecular weight is 420 g/mol. The van der Waals surface area contributed by atoms with E-state index >= 15 is 0 Å². The number of pyridine rings is 1. The molecule has 0 amide bonds. The number of hydrogen-bond acceptors (Lipinski definition) is 9. The monoisotopic (exact) mass is 420 g/mol. The number of H-pyrrole nitrogens is 1. The quantitative estimate of drug-likeness (QED) is 0.547. The van der Waals surface area contributed by atoms with Crippen LogP contribution in [0, 0.1) is 18.3 Å². The van der Waals surface area contributed by atoms with Crippen LogP contribution in [0.2, 0.25) is 0 Å². The molecule has 3 aromatic heterocycles. The fourth-order valence-electron chi connectivity index (χ4n) is 3.63. The summed E-state index contributed by atoms with van der Waals surface area (Å²) >= 11 is 0. The van der Waals surface area contributed by atoms with Gasteiger partial charge in [-0.3, -0.25) is 5.10 Å². The normalized spacial score (nSPS) is 18.3. The van der Waals surface area contributed by atoms with Gasteiger partial charge in [-0.1, -0.05) is 6.42 Å². The lowest BCUT2D eigenvalue weighted by Gasteiger charge is -2.30. The molecule has 31 heavy (non-hydrogen) atoms. The lowest BCUT2D eigenvalue weighted by molar-refractivity contribution is 0.132. The number of aromatic amines is 1. The first-order chi connectivity index (χ1) is 15.1. The molecule has 1 saturated carbocycles. The Balaban J connectivity index is 1.64. The van der Waals surface area contributed by atoms with Gasteiger partial charge in [-0.25, -0.2) is 15.0 Å². The number of ether oxygens (including phenoxy) is 2. The van der Waals surface area contributed by atoms with Crippen molar-refractivity contribution < 1.29 is 9.47 Å². The van der Waals surface area contributed by atoms with Gasteiger partial charge in [0.2, 0.25) is 5.88 Å². The average Bonchev–Trinajstić information content (AvgIpc) is 3.23. The van der Waals surface area contributed by atoms with Crippen LogP contribution in [-0.4, -0.2) is 44.4 Å². The third-order valence-corrected chi connectivity index (χ3v) is 5.17. The summed E-state index contributed by atoms with van der Waals surface area (Å²) in [5, 5.41) is 19.2. The van der Waals surface area contributed by atoms with Crippen LogP contribution in [0.3, 0.4) is 0 Å². The van der Waals surface area contributed by atoms with E-state index in [1.807, 2.05) is 25.1 Å². The smallest absolute Gasteiger partial charge is 0.226 e. The Morgan fingerprint density at radius 3 is 2.74 bits per heavy atom. The second-order valence-corrected chi connectivity index (χ2v) is 7.44. The van der Waals surface area contributed by atoms with E-state index in [0.717, 1.165) is 31.4 Å². The fourth-order valence-corrected chi connectivity index (χ4v) is 3.63. The summed E-state index contributed by atoms with van der Waals surface area (Å²) in [6, 6.07) is 5.63. The molecule has 1 fully saturated rings. The third kappa shape index (κ3) is 4.57. The molecule has 0 saturated heterocycles. The maximum absolute atomic E-state index is 8.85. The van der Waals surface area contributed by atoms with E-state index in [4.69, 9.17) is 20.5 Å². The van der Waals surface area contributed by atoms with Crippen molar-refractivity contribution >= 4 is 11.6 Å². The van der Waals surface area contributed by atoms with Crippen molar-refractivity contribution in [2.24, 2.45) is 5.73 Å². The van der Waals surface area contributed by atoms with E-state index in [9.17, 15) is 0 Å². The lowest BCUT2D eigenvalue weighted by Crippen LogP contribution is -2.41. The first-order valence-electron chi connectivity index (χ1n) is 10.1. The molecule has 0 aliphatic heterocycles. The summed E-state index contributed by atoms with van der Waals surface area (Å²) < 4.78 is 11.9. The van der Waals surface area contributed by atoms with Crippen LogP contribution in [0.5, 0.6) is 11.6 Å². The number of nitrogens with two attached hydrogens (primary N) is 1. The number of methoxy groups -OCH3 is 1. The molecule has 2 atom stereocenters. The zero-order chi connectivity index (χ0) is 21.8. The molecule has 4 N–H and O–H groups in total. The van der Waals surface area contributed by atoms with E-state index in [1.165, 1.54) is 12.4 Å². The highest BCUT2D eigenvalue weighted by Gasteiger charge is 2.26. The first-order valence-corrected chi connectivity index (χ1v) is 10.1. The maximum atomic E-state index is 8.85. The minimum Gasteiger partial charge on any atom is -0.488 e. The van der Waals surface area contributed by atoms with E-state index < -0.39 is 0 Å². The van der Waals surface area contributed by atoms with Crippen molar-refractivity contribution in [3.8, 4) is 29.0 Å². The Bertz CT molecular complexity index is 1090. The Morgan fingerprint density at radius 1 is 1.19 bits per heavy atom. The minimum absolute atomic E-state index is 0.00461. The molecule has 0 unspecified atom stereocenters. The number of nitriles is 1. The minimum atomic E-state index is -0.0616. The molecule has 1 aliphatic carbocycles. The van der Waals surface area contributed by atoms with Crippen LogP contribution in [-0.2, 0) is 0 Å². The molecular weight excluding hydrogens is 396 g/mol. The molecular formula is C21H24N8O2. The SMILES string of the molecule is COc1nc(C)cc(O[C@@H]2CCCC[C@@H]2N)c1-c1cc(Nc2cnc(C#N)cn2)n[nH]1. The molecule has 0 bridgehead atoms. The van der Waals surface area contributed by atoms with Gasteiger partial charge in [0.05, 0.1) is 25.2 Å². The van der Waals surface area contributed by atoms with Crippen molar-refractivity contribution in [2.45, 2.75) is 44.8 Å². The van der Waals surface area contributed by atoms with Crippen molar-refractivity contribution in [1.82, 2.24) is 25.1 Å². The highest BCUT2D eigenvalue weighted by Crippen LogP contribution is 2.39. The molecule has 160 valence electrons. The number of nitrogens with zero attached hydrogens (tertiary/aromatic N) is 5. The zero-order valence-electron chi connectivity index (χ0n) is 17.4. The fraction of sp³-hybridized carbons (Fsp3) is 0.381. The number of rotatable bonds is 6. The highest BCUT2D eigenvalue weighted by atomic mass is 16.5. The van der Waals surface area contributed by atoms with Gasteiger partial charge in [-0.2, -0.15) is 10.4 Å². The number of hydrogen-bond donors (Lipinski definition) is 3. The van der Waals surface area contributed by atoms with Crippen molar-refractivity contribution in [3.63, 3.8) is 0 Å². The molecule has 10 heteroatoms. The third-order valence-electron chi connectivity index (χ3n) is 5.17. The molecule has 0 radical (unpaired) electrons. The molecule has 10 nitrogen and oxygen atoms in total. The van der Waals surface area contributed by atoms with Crippen LogP contribution in [0.25, 0.3) is 11.3 Å². The predicted octanol–water partition coefficient (Wildman–Crippen LogP) is 2.84. The standard InChI is InChI=1S/C21H24N8O2/c1-12-7-17(31-16-6-4-3-5-14(16)23)20(21(26-12)30-2)15-8-18(29-28-15)27-19-11-24-13(9-22)10-25-19/h7-8,10-11,14,16H,3-6,23H2,1-2H3,(H2,25,27,28,29)/t14-,16+/m0/s1. The summed E-state index contributed by atoms with van der Waals surface area (Å²) in [5.41, 5.74) is 8.68. The van der Waals surface area contributed by atoms with Gasteiger partial charge in [0.15, 0.2) is 11.5 Å². The maximum Gasteiger partial charge on any atom is 0.226 e. The Morgan fingerprint density at radius 2 is 2.03 bits per heavy atom. The van der Waals surface area contributed by atoms with Crippen LogP contribution in [0.15, 0.2) is 24.5 Å². The Labute approximate surface area is 179 Å². The van der Waals surface area contributed by atoms with E-state index in [0.29, 0.717) is 34.5 Å². The highest BCUT2D eigenvalue weighted by molar-refractivity contribution is 5.75. The van der Waals surface area contributed by atoms with Gasteiger partial charge in [-0.15, -0.1) is 0 Å². The number of anilines is 2. The number of aryl methyl sites for hydroxylation is 1. The van der Waals surface area contributed by atoms with E-state index in [2.05, 4.69) is 30.5 Å². The molecule has 4 rings (SSSR count). The van der Waals surface area contributed by atoms with Crippen LogP contribution in [0.1, 0.15) is 37.1 Å². The second-order valence-electron chi connectivity index (χ2n) is 7.44. The van der Waals surface area contributed by atoms with Crippen LogP contribution >= 0.6 is 0 Å². The zero-order valence-corrected chi connectivity index (χ0v) is 17.4. The van der Waals surface area contributed by atoms with Gasteiger partial charge in [0.25, 0.3) is 0 Å².